The summed E-state index contributed by atoms with van der Waals surface area (Å²) in [6, 6.07) is -0.174. The van der Waals surface area contributed by atoms with Gasteiger partial charge < -0.3 is 10.3 Å². The van der Waals surface area contributed by atoms with E-state index in [0.29, 0.717) is 17.4 Å². The van der Waals surface area contributed by atoms with Gasteiger partial charge in [0.2, 0.25) is 0 Å². The van der Waals surface area contributed by atoms with Crippen LogP contribution in [-0.4, -0.2) is 31.1 Å². The summed E-state index contributed by atoms with van der Waals surface area (Å²) in [5.74, 6) is 1.07. The van der Waals surface area contributed by atoms with E-state index in [2.05, 4.69) is 20.2 Å². The summed E-state index contributed by atoms with van der Waals surface area (Å²) in [6.45, 7) is 1.01. The van der Waals surface area contributed by atoms with Crippen LogP contribution in [0.25, 0.3) is 22.4 Å². The van der Waals surface area contributed by atoms with Crippen LogP contribution in [-0.2, 0) is 0 Å². The zero-order valence-corrected chi connectivity index (χ0v) is 12.6. The van der Waals surface area contributed by atoms with Crippen molar-refractivity contribution in [2.24, 2.45) is 0 Å². The Morgan fingerprint density at radius 3 is 2.75 bits per heavy atom. The molecule has 1 fully saturated rings. The Kier molecular flexibility index (Phi) is 3.06. The second-order valence-electron chi connectivity index (χ2n) is 5.86. The molecule has 2 N–H and O–H groups in total. The van der Waals surface area contributed by atoms with Gasteiger partial charge in [-0.05, 0) is 19.8 Å². The largest absolute Gasteiger partial charge is 0.410 e. The van der Waals surface area contributed by atoms with Gasteiger partial charge in [0, 0.05) is 12.0 Å². The summed E-state index contributed by atoms with van der Waals surface area (Å²) in [5.41, 5.74) is 6.38. The van der Waals surface area contributed by atoms with Gasteiger partial charge in [0.05, 0.1) is 5.39 Å². The molecule has 0 spiro atoms. The van der Waals surface area contributed by atoms with Crippen LogP contribution in [0.15, 0.2) is 16.9 Å². The summed E-state index contributed by atoms with van der Waals surface area (Å²) in [6.07, 6.45) is -1.33. The average Bonchev–Trinajstić information content (AvgIpc) is 3.12. The molecule has 126 valence electrons. The van der Waals surface area contributed by atoms with E-state index in [1.54, 1.807) is 6.07 Å². The van der Waals surface area contributed by atoms with Crippen LogP contribution in [0, 0.1) is 0 Å². The fourth-order valence-electron chi connectivity index (χ4n) is 2.54. The number of hydrogen-bond donors (Lipinski definition) is 1. The minimum absolute atomic E-state index is 0.0123. The Morgan fingerprint density at radius 1 is 1.33 bits per heavy atom. The first-order chi connectivity index (χ1) is 11.4. The van der Waals surface area contributed by atoms with Crippen molar-refractivity contribution in [2.75, 3.05) is 5.73 Å². The summed E-state index contributed by atoms with van der Waals surface area (Å²) in [7, 11) is 0. The van der Waals surface area contributed by atoms with E-state index in [-0.39, 0.29) is 22.5 Å². The van der Waals surface area contributed by atoms with Gasteiger partial charge in [-0.25, -0.2) is 14.6 Å². The SMILES string of the molecule is CC(n1nc(-c2cc(C3CC3)on2)c2c(N)ncnc21)C(F)(F)F. The molecule has 1 unspecified atom stereocenters. The minimum atomic E-state index is -4.47. The van der Waals surface area contributed by atoms with E-state index in [4.69, 9.17) is 10.3 Å². The van der Waals surface area contributed by atoms with Crippen molar-refractivity contribution < 1.29 is 17.7 Å². The lowest BCUT2D eigenvalue weighted by molar-refractivity contribution is -0.164. The van der Waals surface area contributed by atoms with Crippen LogP contribution in [0.1, 0.15) is 37.5 Å². The number of nitrogen functional groups attached to an aromatic ring is 1. The van der Waals surface area contributed by atoms with E-state index >= 15 is 0 Å². The molecule has 0 saturated heterocycles. The van der Waals surface area contributed by atoms with E-state index in [1.165, 1.54) is 0 Å². The van der Waals surface area contributed by atoms with Crippen LogP contribution >= 0.6 is 0 Å². The summed E-state index contributed by atoms with van der Waals surface area (Å²) in [4.78, 5) is 7.78. The number of fused-ring (bicyclic) bond motifs is 1. The third kappa shape index (κ3) is 2.29. The quantitative estimate of drug-likeness (QED) is 0.788. The molecule has 4 rings (SSSR count). The maximum absolute atomic E-state index is 13.1. The standard InChI is InChI=1S/C14H13F3N6O/c1-6(14(15,16)17)23-13-10(12(18)19-5-20-13)11(21-23)8-4-9(24-22-8)7-2-3-7/h4-7H,2-3H2,1H3,(H2,18,19,20). The monoisotopic (exact) mass is 338 g/mol. The molecule has 1 aliphatic rings. The molecule has 1 saturated carbocycles. The van der Waals surface area contributed by atoms with E-state index in [1.807, 2.05) is 0 Å². The first-order valence-corrected chi connectivity index (χ1v) is 7.38. The molecule has 0 bridgehead atoms. The highest BCUT2D eigenvalue weighted by molar-refractivity contribution is 5.97. The van der Waals surface area contributed by atoms with Gasteiger partial charge in [0.1, 0.15) is 35.3 Å². The van der Waals surface area contributed by atoms with Crippen molar-refractivity contribution in [3.8, 4) is 11.4 Å². The summed E-state index contributed by atoms with van der Waals surface area (Å²) >= 11 is 0. The smallest absolute Gasteiger partial charge is 0.383 e. The Morgan fingerprint density at radius 2 is 2.08 bits per heavy atom. The number of anilines is 1. The van der Waals surface area contributed by atoms with Crippen molar-refractivity contribution >= 4 is 16.9 Å². The normalized spacial score (nSPS) is 16.7. The van der Waals surface area contributed by atoms with Gasteiger partial charge in [0.15, 0.2) is 5.65 Å². The Labute approximate surface area is 133 Å². The van der Waals surface area contributed by atoms with Crippen LogP contribution in [0.5, 0.6) is 0 Å². The van der Waals surface area contributed by atoms with Crippen molar-refractivity contribution in [1.29, 1.82) is 0 Å². The summed E-state index contributed by atoms with van der Waals surface area (Å²) in [5, 5.41) is 8.24. The molecule has 1 aliphatic carbocycles. The lowest BCUT2D eigenvalue weighted by Gasteiger charge is -2.16. The molecule has 3 aromatic heterocycles. The highest BCUT2D eigenvalue weighted by atomic mass is 19.4. The Bertz CT molecular complexity index is 911. The van der Waals surface area contributed by atoms with Crippen LogP contribution in [0.3, 0.4) is 0 Å². The fourth-order valence-corrected chi connectivity index (χ4v) is 2.54. The first-order valence-electron chi connectivity index (χ1n) is 7.38. The Hall–Kier alpha value is -2.65. The van der Waals surface area contributed by atoms with Crippen molar-refractivity contribution in [1.82, 2.24) is 24.9 Å². The first kappa shape index (κ1) is 14.9. The van der Waals surface area contributed by atoms with Crippen molar-refractivity contribution in [3.05, 3.63) is 18.2 Å². The van der Waals surface area contributed by atoms with Crippen molar-refractivity contribution in [2.45, 2.75) is 37.9 Å². The number of hydrogen-bond acceptors (Lipinski definition) is 6. The maximum atomic E-state index is 13.1. The predicted octanol–water partition coefficient (Wildman–Crippen LogP) is 3.06. The van der Waals surface area contributed by atoms with E-state index in [9.17, 15) is 13.2 Å². The minimum Gasteiger partial charge on any atom is -0.383 e. The average molecular weight is 338 g/mol. The number of rotatable bonds is 3. The molecule has 10 heteroatoms. The van der Waals surface area contributed by atoms with Gasteiger partial charge >= 0.3 is 6.18 Å². The molecular weight excluding hydrogens is 325 g/mol. The van der Waals surface area contributed by atoms with Crippen LogP contribution in [0.4, 0.5) is 19.0 Å². The summed E-state index contributed by atoms with van der Waals surface area (Å²) < 4.78 is 45.4. The zero-order valence-electron chi connectivity index (χ0n) is 12.6. The van der Waals surface area contributed by atoms with Gasteiger partial charge in [-0.1, -0.05) is 5.16 Å². The number of nitrogens with two attached hydrogens (primary N) is 1. The van der Waals surface area contributed by atoms with E-state index in [0.717, 1.165) is 30.8 Å². The Balaban J connectivity index is 1.91. The number of halogens is 3. The molecule has 0 amide bonds. The molecule has 1 atom stereocenters. The maximum Gasteiger partial charge on any atom is 0.410 e. The third-order valence-corrected chi connectivity index (χ3v) is 4.11. The topological polar surface area (TPSA) is 95.7 Å². The number of aromatic nitrogens is 5. The number of nitrogens with zero attached hydrogens (tertiary/aromatic N) is 5. The van der Waals surface area contributed by atoms with Gasteiger partial charge in [-0.15, -0.1) is 0 Å². The zero-order chi connectivity index (χ0) is 17.1. The highest BCUT2D eigenvalue weighted by Gasteiger charge is 2.40. The molecule has 0 radical (unpaired) electrons. The molecule has 0 aliphatic heterocycles. The second-order valence-corrected chi connectivity index (χ2v) is 5.86. The lowest BCUT2D eigenvalue weighted by Crippen LogP contribution is -2.24. The van der Waals surface area contributed by atoms with Gasteiger partial charge in [-0.2, -0.15) is 18.3 Å². The molecule has 0 aromatic carbocycles. The lowest BCUT2D eigenvalue weighted by atomic mass is 10.2. The van der Waals surface area contributed by atoms with E-state index < -0.39 is 12.2 Å². The number of alkyl halides is 3. The molecule has 24 heavy (non-hydrogen) atoms. The fraction of sp³-hybridized carbons (Fsp3) is 0.429. The second kappa shape index (κ2) is 4.92. The third-order valence-electron chi connectivity index (χ3n) is 4.11. The van der Waals surface area contributed by atoms with Crippen molar-refractivity contribution in [3.63, 3.8) is 0 Å². The highest BCUT2D eigenvalue weighted by Crippen LogP contribution is 2.42. The van der Waals surface area contributed by atoms with Gasteiger partial charge in [-0.3, -0.25) is 0 Å². The predicted molar refractivity (Wildman–Crippen MR) is 78.0 cm³/mol. The molecular formula is C14H13F3N6O. The van der Waals surface area contributed by atoms with Gasteiger partial charge in [0.25, 0.3) is 0 Å². The molecule has 7 nitrogen and oxygen atoms in total. The molecule has 3 aromatic rings. The van der Waals surface area contributed by atoms with Crippen LogP contribution in [0.2, 0.25) is 0 Å². The van der Waals surface area contributed by atoms with Crippen LogP contribution < -0.4 is 5.73 Å². The molecule has 3 heterocycles.